The van der Waals surface area contributed by atoms with Crippen molar-refractivity contribution in [1.29, 1.82) is 0 Å². The van der Waals surface area contributed by atoms with Crippen molar-refractivity contribution in [2.24, 2.45) is 0 Å². The van der Waals surface area contributed by atoms with Gasteiger partial charge in [-0.25, -0.2) is 4.79 Å². The summed E-state index contributed by atoms with van der Waals surface area (Å²) in [6, 6.07) is 10.2. The Bertz CT molecular complexity index is 937. The first-order valence-corrected chi connectivity index (χ1v) is 8.23. The summed E-state index contributed by atoms with van der Waals surface area (Å²) in [6.07, 6.45) is 0.292. The van der Waals surface area contributed by atoms with E-state index in [9.17, 15) is 4.79 Å². The second kappa shape index (κ2) is 3.86. The molecule has 0 N–H and O–H groups in total. The number of fused-ring (bicyclic) bond motifs is 5. The van der Waals surface area contributed by atoms with Crippen LogP contribution in [0.2, 0.25) is 0 Å². The van der Waals surface area contributed by atoms with Crippen LogP contribution in [0.5, 0.6) is 11.5 Å². The molecule has 0 aromatic heterocycles. The van der Waals surface area contributed by atoms with Crippen molar-refractivity contribution in [3.8, 4) is 22.6 Å². The van der Waals surface area contributed by atoms with Gasteiger partial charge in [0.15, 0.2) is 17.6 Å². The van der Waals surface area contributed by atoms with E-state index < -0.39 is 5.54 Å². The molecule has 1 saturated heterocycles. The van der Waals surface area contributed by atoms with Crippen molar-refractivity contribution in [2.75, 3.05) is 13.3 Å². The average Bonchev–Trinajstić information content (AvgIpc) is 3.15. The van der Waals surface area contributed by atoms with Crippen LogP contribution in [-0.2, 0) is 16.7 Å². The van der Waals surface area contributed by atoms with E-state index in [1.54, 1.807) is 0 Å². The summed E-state index contributed by atoms with van der Waals surface area (Å²) < 4.78 is 17.3. The molecule has 0 spiro atoms. The lowest BCUT2D eigenvalue weighted by atomic mass is 9.68. The van der Waals surface area contributed by atoms with E-state index in [-0.39, 0.29) is 19.0 Å². The monoisotopic (exact) mass is 321 g/mol. The molecule has 1 amide bonds. The number of ether oxygens (including phenoxy) is 3. The predicted octanol–water partition coefficient (Wildman–Crippen LogP) is 3.36. The van der Waals surface area contributed by atoms with E-state index in [4.69, 9.17) is 14.2 Å². The molecule has 0 saturated carbocycles. The molecule has 6 rings (SSSR count). The summed E-state index contributed by atoms with van der Waals surface area (Å²) in [6.45, 7) is 3.02. The number of carbonyl (C=O) groups is 1. The van der Waals surface area contributed by atoms with Crippen molar-refractivity contribution >= 4 is 6.09 Å². The molecule has 5 nitrogen and oxygen atoms in total. The van der Waals surface area contributed by atoms with Gasteiger partial charge in [0, 0.05) is 17.7 Å². The zero-order valence-corrected chi connectivity index (χ0v) is 13.2. The molecule has 0 radical (unpaired) electrons. The number of hydrogen-bond donors (Lipinski definition) is 0. The van der Waals surface area contributed by atoms with Crippen LogP contribution in [0.25, 0.3) is 11.1 Å². The maximum Gasteiger partial charge on any atom is 0.411 e. The molecule has 2 aromatic carbocycles. The van der Waals surface area contributed by atoms with E-state index in [0.717, 1.165) is 40.2 Å². The highest BCUT2D eigenvalue weighted by Crippen LogP contribution is 2.62. The fourth-order valence-electron chi connectivity index (χ4n) is 4.88. The van der Waals surface area contributed by atoms with Gasteiger partial charge in [-0.3, -0.25) is 4.90 Å². The van der Waals surface area contributed by atoms with E-state index in [0.29, 0.717) is 6.54 Å². The van der Waals surface area contributed by atoms with Gasteiger partial charge in [-0.1, -0.05) is 24.3 Å². The van der Waals surface area contributed by atoms with Gasteiger partial charge >= 0.3 is 6.09 Å². The Balaban J connectivity index is 1.80. The van der Waals surface area contributed by atoms with Gasteiger partial charge < -0.3 is 14.2 Å². The molecule has 3 heterocycles. The molecule has 120 valence electrons. The molecule has 0 unspecified atom stereocenters. The molecule has 1 fully saturated rings. The third-order valence-corrected chi connectivity index (χ3v) is 5.88. The van der Waals surface area contributed by atoms with Crippen molar-refractivity contribution in [3.05, 3.63) is 47.0 Å². The number of nitrogens with zero attached hydrogens (tertiary/aromatic N) is 1. The Morgan fingerprint density at radius 1 is 1.25 bits per heavy atom. The highest BCUT2D eigenvalue weighted by atomic mass is 16.7. The fourth-order valence-corrected chi connectivity index (χ4v) is 4.88. The van der Waals surface area contributed by atoms with Gasteiger partial charge in [0.25, 0.3) is 0 Å². The molecule has 2 aromatic rings. The molecule has 1 aliphatic carbocycles. The Kier molecular flexibility index (Phi) is 2.04. The Morgan fingerprint density at radius 3 is 3.04 bits per heavy atom. The molecule has 24 heavy (non-hydrogen) atoms. The van der Waals surface area contributed by atoms with Gasteiger partial charge in [0.1, 0.15) is 5.54 Å². The lowest BCUT2D eigenvalue weighted by Crippen LogP contribution is -2.49. The molecular weight excluding hydrogens is 306 g/mol. The topological polar surface area (TPSA) is 48.0 Å². The standard InChI is InChI=1S/C19H15NO4/c1-19-15-10-6-7-20(19)18(21)24-17(19)12-5-3-2-4-11(12)14(15)16-13(8-10)22-9-23-16/h2-5,8,17H,6-7,9H2,1H3/t17-,19-/m0/s1. The second-order valence-electron chi connectivity index (χ2n) is 6.92. The van der Waals surface area contributed by atoms with E-state index in [1.165, 1.54) is 5.56 Å². The van der Waals surface area contributed by atoms with E-state index in [1.807, 2.05) is 17.0 Å². The zero-order chi connectivity index (χ0) is 16.1. The van der Waals surface area contributed by atoms with Gasteiger partial charge in [-0.05, 0) is 36.1 Å². The number of hydrogen-bond acceptors (Lipinski definition) is 4. The quantitative estimate of drug-likeness (QED) is 0.746. The van der Waals surface area contributed by atoms with Gasteiger partial charge in [-0.15, -0.1) is 0 Å². The Labute approximate surface area is 138 Å². The van der Waals surface area contributed by atoms with Crippen LogP contribution in [0.4, 0.5) is 4.79 Å². The minimum atomic E-state index is -0.491. The summed E-state index contributed by atoms with van der Waals surface area (Å²) in [7, 11) is 0. The first kappa shape index (κ1) is 12.7. The Hall–Kier alpha value is -2.69. The van der Waals surface area contributed by atoms with Crippen LogP contribution in [0, 0.1) is 0 Å². The predicted molar refractivity (Wildman–Crippen MR) is 85.0 cm³/mol. The van der Waals surface area contributed by atoms with Gasteiger partial charge in [0.2, 0.25) is 6.79 Å². The molecule has 4 aliphatic rings. The maximum atomic E-state index is 12.5. The smallest absolute Gasteiger partial charge is 0.411 e. The molecule has 0 bridgehead atoms. The van der Waals surface area contributed by atoms with Crippen LogP contribution in [0.15, 0.2) is 30.3 Å². The largest absolute Gasteiger partial charge is 0.454 e. The summed E-state index contributed by atoms with van der Waals surface area (Å²) >= 11 is 0. The van der Waals surface area contributed by atoms with Crippen LogP contribution in [-0.4, -0.2) is 24.3 Å². The third kappa shape index (κ3) is 1.20. The minimum Gasteiger partial charge on any atom is -0.454 e. The summed E-state index contributed by atoms with van der Waals surface area (Å²) in [4.78, 5) is 14.4. The van der Waals surface area contributed by atoms with Crippen LogP contribution in [0.3, 0.4) is 0 Å². The minimum absolute atomic E-state index is 0.228. The first-order chi connectivity index (χ1) is 11.7. The average molecular weight is 321 g/mol. The normalized spacial score (nSPS) is 27.6. The van der Waals surface area contributed by atoms with Crippen LogP contribution >= 0.6 is 0 Å². The maximum absolute atomic E-state index is 12.5. The molecule has 3 aliphatic heterocycles. The Morgan fingerprint density at radius 2 is 2.12 bits per heavy atom. The van der Waals surface area contributed by atoms with Crippen LogP contribution in [0.1, 0.15) is 29.7 Å². The summed E-state index contributed by atoms with van der Waals surface area (Å²) in [5.41, 5.74) is 5.08. The number of benzene rings is 2. The second-order valence-corrected chi connectivity index (χ2v) is 6.92. The van der Waals surface area contributed by atoms with Crippen molar-refractivity contribution in [1.82, 2.24) is 4.90 Å². The molecular formula is C19H15NO4. The van der Waals surface area contributed by atoms with Gasteiger partial charge in [0.05, 0.1) is 0 Å². The van der Waals surface area contributed by atoms with Crippen LogP contribution < -0.4 is 9.47 Å². The van der Waals surface area contributed by atoms with E-state index >= 15 is 0 Å². The first-order valence-electron chi connectivity index (χ1n) is 8.23. The highest BCUT2D eigenvalue weighted by molar-refractivity contribution is 5.88. The van der Waals surface area contributed by atoms with Gasteiger partial charge in [-0.2, -0.15) is 0 Å². The zero-order valence-electron chi connectivity index (χ0n) is 13.2. The lowest BCUT2D eigenvalue weighted by Gasteiger charge is -2.45. The SMILES string of the molecule is C[C@]12c3c4cc5c(c3-c3ccccc3[C@@H]1OC(=O)N2CC4)OCO5. The fraction of sp³-hybridized carbons (Fsp3) is 0.316. The summed E-state index contributed by atoms with van der Waals surface area (Å²) in [5, 5.41) is 0. The van der Waals surface area contributed by atoms with Crippen molar-refractivity contribution < 1.29 is 19.0 Å². The van der Waals surface area contributed by atoms with Crippen molar-refractivity contribution in [2.45, 2.75) is 25.0 Å². The third-order valence-electron chi connectivity index (χ3n) is 5.88. The lowest BCUT2D eigenvalue weighted by molar-refractivity contribution is 0.0987. The summed E-state index contributed by atoms with van der Waals surface area (Å²) in [5.74, 6) is 1.60. The van der Waals surface area contributed by atoms with E-state index in [2.05, 4.69) is 25.1 Å². The number of rotatable bonds is 0. The number of amides is 1. The molecule has 5 heteroatoms. The number of carbonyl (C=O) groups excluding carboxylic acids is 1. The highest BCUT2D eigenvalue weighted by Gasteiger charge is 2.60. The van der Waals surface area contributed by atoms with Crippen molar-refractivity contribution in [3.63, 3.8) is 0 Å². The molecule has 2 atom stereocenters.